The standard InChI is InChI=1S/C16H26N4O2/c1-21-16-14(11-17-13-18-16)12-19-5-2-3-15(4-6-19)20-7-9-22-10-8-20/h11,13,15H,2-10,12H2,1H3. The Morgan fingerprint density at radius 1 is 1.23 bits per heavy atom. The minimum Gasteiger partial charge on any atom is -0.481 e. The average Bonchev–Trinajstić information content (AvgIpc) is 2.82. The zero-order chi connectivity index (χ0) is 15.2. The van der Waals surface area contributed by atoms with Gasteiger partial charge >= 0.3 is 0 Å². The minimum absolute atomic E-state index is 0.698. The second kappa shape index (κ2) is 7.85. The van der Waals surface area contributed by atoms with Crippen LogP contribution in [0.2, 0.25) is 0 Å². The number of morpholine rings is 1. The van der Waals surface area contributed by atoms with Crippen molar-refractivity contribution < 1.29 is 9.47 Å². The Balaban J connectivity index is 1.56. The molecule has 6 heteroatoms. The number of hydrogen-bond donors (Lipinski definition) is 0. The highest BCUT2D eigenvalue weighted by Crippen LogP contribution is 2.21. The first-order valence-electron chi connectivity index (χ1n) is 8.24. The lowest BCUT2D eigenvalue weighted by atomic mass is 10.1. The molecule has 3 rings (SSSR count). The average molecular weight is 306 g/mol. The van der Waals surface area contributed by atoms with Crippen LogP contribution in [0, 0.1) is 0 Å². The summed E-state index contributed by atoms with van der Waals surface area (Å²) in [6.45, 7) is 7.09. The Hall–Kier alpha value is -1.24. The summed E-state index contributed by atoms with van der Waals surface area (Å²) in [4.78, 5) is 13.4. The highest BCUT2D eigenvalue weighted by atomic mass is 16.5. The van der Waals surface area contributed by atoms with Crippen LogP contribution in [-0.2, 0) is 11.3 Å². The fourth-order valence-electron chi connectivity index (χ4n) is 3.48. The summed E-state index contributed by atoms with van der Waals surface area (Å²) in [6, 6.07) is 0.711. The van der Waals surface area contributed by atoms with Gasteiger partial charge in [-0.1, -0.05) is 0 Å². The minimum atomic E-state index is 0.698. The third-order valence-corrected chi connectivity index (χ3v) is 4.69. The summed E-state index contributed by atoms with van der Waals surface area (Å²) >= 11 is 0. The highest BCUT2D eigenvalue weighted by molar-refractivity contribution is 5.21. The van der Waals surface area contributed by atoms with Crippen LogP contribution in [0.4, 0.5) is 0 Å². The zero-order valence-corrected chi connectivity index (χ0v) is 13.4. The van der Waals surface area contributed by atoms with Gasteiger partial charge in [-0.15, -0.1) is 0 Å². The van der Waals surface area contributed by atoms with Crippen molar-refractivity contribution in [3.05, 3.63) is 18.1 Å². The molecule has 0 spiro atoms. The van der Waals surface area contributed by atoms with E-state index in [-0.39, 0.29) is 0 Å². The lowest BCUT2D eigenvalue weighted by Gasteiger charge is -2.34. The van der Waals surface area contributed by atoms with Gasteiger partial charge in [0.1, 0.15) is 6.33 Å². The van der Waals surface area contributed by atoms with E-state index in [2.05, 4.69) is 19.8 Å². The second-order valence-corrected chi connectivity index (χ2v) is 6.07. The van der Waals surface area contributed by atoms with E-state index in [1.165, 1.54) is 19.3 Å². The van der Waals surface area contributed by atoms with Gasteiger partial charge in [-0.05, 0) is 32.4 Å². The summed E-state index contributed by atoms with van der Waals surface area (Å²) in [7, 11) is 1.67. The smallest absolute Gasteiger partial charge is 0.220 e. The number of methoxy groups -OCH3 is 1. The largest absolute Gasteiger partial charge is 0.481 e. The molecule has 1 atom stereocenters. The van der Waals surface area contributed by atoms with Crippen molar-refractivity contribution in [1.29, 1.82) is 0 Å². The maximum absolute atomic E-state index is 5.47. The van der Waals surface area contributed by atoms with Crippen LogP contribution in [0.15, 0.2) is 12.5 Å². The van der Waals surface area contributed by atoms with Gasteiger partial charge in [-0.3, -0.25) is 9.80 Å². The first-order valence-corrected chi connectivity index (χ1v) is 8.24. The Morgan fingerprint density at radius 2 is 2.09 bits per heavy atom. The van der Waals surface area contributed by atoms with E-state index in [0.717, 1.165) is 51.5 Å². The number of nitrogens with zero attached hydrogens (tertiary/aromatic N) is 4. The molecule has 2 aliphatic rings. The number of likely N-dealkylation sites (tertiary alicyclic amines) is 1. The van der Waals surface area contributed by atoms with E-state index in [9.17, 15) is 0 Å². The van der Waals surface area contributed by atoms with Crippen molar-refractivity contribution in [2.75, 3.05) is 46.5 Å². The van der Waals surface area contributed by atoms with Gasteiger partial charge in [-0.2, -0.15) is 0 Å². The molecule has 22 heavy (non-hydrogen) atoms. The molecular formula is C16H26N4O2. The van der Waals surface area contributed by atoms with E-state index in [1.807, 2.05) is 6.20 Å². The Bertz CT molecular complexity index is 465. The zero-order valence-electron chi connectivity index (χ0n) is 13.4. The van der Waals surface area contributed by atoms with Gasteiger partial charge in [0, 0.05) is 37.4 Å². The molecule has 0 aliphatic carbocycles. The molecule has 1 aromatic rings. The molecule has 6 nitrogen and oxygen atoms in total. The first kappa shape index (κ1) is 15.6. The molecule has 0 N–H and O–H groups in total. The third-order valence-electron chi connectivity index (χ3n) is 4.69. The predicted octanol–water partition coefficient (Wildman–Crippen LogP) is 1.17. The summed E-state index contributed by atoms with van der Waals surface area (Å²) < 4.78 is 10.8. The number of ether oxygens (including phenoxy) is 2. The van der Waals surface area contributed by atoms with Crippen LogP contribution >= 0.6 is 0 Å². The summed E-state index contributed by atoms with van der Waals surface area (Å²) in [5.74, 6) is 0.698. The summed E-state index contributed by atoms with van der Waals surface area (Å²) in [5.41, 5.74) is 1.08. The quantitative estimate of drug-likeness (QED) is 0.832. The van der Waals surface area contributed by atoms with Crippen molar-refractivity contribution in [3.8, 4) is 5.88 Å². The van der Waals surface area contributed by atoms with Crippen LogP contribution in [-0.4, -0.2) is 72.3 Å². The van der Waals surface area contributed by atoms with Crippen LogP contribution in [0.1, 0.15) is 24.8 Å². The van der Waals surface area contributed by atoms with Gasteiger partial charge in [-0.25, -0.2) is 9.97 Å². The highest BCUT2D eigenvalue weighted by Gasteiger charge is 2.24. The van der Waals surface area contributed by atoms with Crippen molar-refractivity contribution in [3.63, 3.8) is 0 Å². The maximum atomic E-state index is 5.47. The molecule has 122 valence electrons. The van der Waals surface area contributed by atoms with E-state index >= 15 is 0 Å². The first-order chi connectivity index (χ1) is 10.9. The monoisotopic (exact) mass is 306 g/mol. The van der Waals surface area contributed by atoms with Gasteiger partial charge in [0.05, 0.1) is 20.3 Å². The molecule has 0 amide bonds. The Morgan fingerprint density at radius 3 is 2.91 bits per heavy atom. The molecule has 0 aromatic carbocycles. The third kappa shape index (κ3) is 3.94. The predicted molar refractivity (Wildman–Crippen MR) is 83.9 cm³/mol. The van der Waals surface area contributed by atoms with E-state index in [4.69, 9.17) is 9.47 Å². The fourth-order valence-corrected chi connectivity index (χ4v) is 3.48. The summed E-state index contributed by atoms with van der Waals surface area (Å²) in [6.07, 6.45) is 7.18. The number of rotatable bonds is 4. The van der Waals surface area contributed by atoms with Crippen molar-refractivity contribution in [2.24, 2.45) is 0 Å². The lowest BCUT2D eigenvalue weighted by Crippen LogP contribution is -2.43. The van der Waals surface area contributed by atoms with Gasteiger partial charge in [0.2, 0.25) is 5.88 Å². The molecule has 2 aliphatic heterocycles. The molecule has 0 radical (unpaired) electrons. The van der Waals surface area contributed by atoms with Gasteiger partial charge in [0.25, 0.3) is 0 Å². The van der Waals surface area contributed by atoms with E-state index < -0.39 is 0 Å². The molecule has 2 saturated heterocycles. The second-order valence-electron chi connectivity index (χ2n) is 6.07. The fraction of sp³-hybridized carbons (Fsp3) is 0.750. The topological polar surface area (TPSA) is 50.7 Å². The number of aromatic nitrogens is 2. The normalized spacial score (nSPS) is 24.9. The van der Waals surface area contributed by atoms with Crippen LogP contribution in [0.25, 0.3) is 0 Å². The molecular weight excluding hydrogens is 280 g/mol. The molecule has 3 heterocycles. The van der Waals surface area contributed by atoms with Gasteiger partial charge < -0.3 is 9.47 Å². The maximum Gasteiger partial charge on any atom is 0.220 e. The molecule has 2 fully saturated rings. The molecule has 0 bridgehead atoms. The van der Waals surface area contributed by atoms with E-state index in [0.29, 0.717) is 11.9 Å². The molecule has 1 aromatic heterocycles. The Kier molecular flexibility index (Phi) is 5.58. The van der Waals surface area contributed by atoms with Crippen molar-refractivity contribution in [1.82, 2.24) is 19.8 Å². The van der Waals surface area contributed by atoms with Crippen LogP contribution < -0.4 is 4.74 Å². The van der Waals surface area contributed by atoms with Crippen molar-refractivity contribution in [2.45, 2.75) is 31.8 Å². The number of hydrogen-bond acceptors (Lipinski definition) is 6. The van der Waals surface area contributed by atoms with Crippen LogP contribution in [0.5, 0.6) is 5.88 Å². The molecule has 1 unspecified atom stereocenters. The lowest BCUT2D eigenvalue weighted by molar-refractivity contribution is 0.0135. The molecule has 0 saturated carbocycles. The van der Waals surface area contributed by atoms with E-state index in [1.54, 1.807) is 13.4 Å². The Labute approximate surface area is 132 Å². The SMILES string of the molecule is COc1ncncc1CN1CCCC(N2CCOCC2)CC1. The van der Waals surface area contributed by atoms with Crippen LogP contribution in [0.3, 0.4) is 0 Å². The summed E-state index contributed by atoms with van der Waals surface area (Å²) in [5, 5.41) is 0. The van der Waals surface area contributed by atoms with Gasteiger partial charge in [0.15, 0.2) is 0 Å². The van der Waals surface area contributed by atoms with Crippen molar-refractivity contribution >= 4 is 0 Å².